The predicted molar refractivity (Wildman–Crippen MR) is 91.9 cm³/mol. The van der Waals surface area contributed by atoms with Crippen molar-refractivity contribution in [1.82, 2.24) is 4.57 Å². The van der Waals surface area contributed by atoms with Crippen LogP contribution in [0, 0.1) is 5.82 Å². The van der Waals surface area contributed by atoms with Crippen molar-refractivity contribution in [2.75, 3.05) is 31.7 Å². The van der Waals surface area contributed by atoms with Crippen molar-refractivity contribution in [3.8, 4) is 0 Å². The van der Waals surface area contributed by atoms with Gasteiger partial charge in [-0.15, -0.1) is 0 Å². The molecule has 0 spiro atoms. The summed E-state index contributed by atoms with van der Waals surface area (Å²) in [6.07, 6.45) is 1.28. The summed E-state index contributed by atoms with van der Waals surface area (Å²) in [5.41, 5.74) is -0.461. The van der Waals surface area contributed by atoms with Crippen molar-refractivity contribution >= 4 is 22.6 Å². The fraction of sp³-hybridized carbons (Fsp3) is 0.412. The number of fused-ring (bicyclic) bond motifs is 1. The molecule has 1 aromatic carbocycles. The molecule has 0 bridgehead atoms. The molecule has 7 nitrogen and oxygen atoms in total. The minimum atomic E-state index is -1.34. The Morgan fingerprint density at radius 1 is 1.36 bits per heavy atom. The molecule has 3 N–H and O–H groups in total. The van der Waals surface area contributed by atoms with Gasteiger partial charge >= 0.3 is 5.97 Å². The molecule has 0 saturated carbocycles. The van der Waals surface area contributed by atoms with Gasteiger partial charge in [0.2, 0.25) is 5.43 Å². The SMILES string of the molecule is CC(C)n1cc(C(=O)O)c(=O)c2cc(F)c(NCCOCCO)cc21. The van der Waals surface area contributed by atoms with Crippen molar-refractivity contribution in [2.24, 2.45) is 0 Å². The summed E-state index contributed by atoms with van der Waals surface area (Å²) in [6, 6.07) is 2.43. The molecule has 0 amide bonds. The standard InChI is InChI=1S/C17H21FN2O5/c1-10(2)20-9-12(17(23)24)16(22)11-7-13(18)14(8-15(11)20)19-3-5-25-6-4-21/h7-10,19,21H,3-6H2,1-2H3,(H,23,24). The zero-order valence-electron chi connectivity index (χ0n) is 14.1. The van der Waals surface area contributed by atoms with E-state index in [0.29, 0.717) is 12.1 Å². The fourth-order valence-corrected chi connectivity index (χ4v) is 2.51. The summed E-state index contributed by atoms with van der Waals surface area (Å²) in [5.74, 6) is -1.99. The number of pyridine rings is 1. The van der Waals surface area contributed by atoms with Gasteiger partial charge in [-0.05, 0) is 26.0 Å². The van der Waals surface area contributed by atoms with E-state index in [9.17, 15) is 19.1 Å². The highest BCUT2D eigenvalue weighted by Crippen LogP contribution is 2.24. The second-order valence-electron chi connectivity index (χ2n) is 5.79. The van der Waals surface area contributed by atoms with Crippen LogP contribution in [0.3, 0.4) is 0 Å². The minimum Gasteiger partial charge on any atom is -0.477 e. The number of carboxylic acids is 1. The summed E-state index contributed by atoms with van der Waals surface area (Å²) in [6.45, 7) is 4.40. The molecule has 0 atom stereocenters. The monoisotopic (exact) mass is 352 g/mol. The van der Waals surface area contributed by atoms with Crippen LogP contribution in [0.4, 0.5) is 10.1 Å². The first-order valence-corrected chi connectivity index (χ1v) is 7.91. The lowest BCUT2D eigenvalue weighted by atomic mass is 10.1. The number of rotatable bonds is 8. The van der Waals surface area contributed by atoms with Crippen LogP contribution in [-0.2, 0) is 4.74 Å². The van der Waals surface area contributed by atoms with Gasteiger partial charge in [0.15, 0.2) is 0 Å². The maximum atomic E-state index is 14.3. The van der Waals surface area contributed by atoms with Crippen LogP contribution in [0.25, 0.3) is 10.9 Å². The molecule has 0 unspecified atom stereocenters. The van der Waals surface area contributed by atoms with Crippen molar-refractivity contribution in [3.05, 3.63) is 39.9 Å². The van der Waals surface area contributed by atoms with Gasteiger partial charge < -0.3 is 24.8 Å². The summed E-state index contributed by atoms with van der Waals surface area (Å²) in [7, 11) is 0. The van der Waals surface area contributed by atoms with Gasteiger partial charge in [-0.25, -0.2) is 9.18 Å². The Labute approximate surface area is 143 Å². The fourth-order valence-electron chi connectivity index (χ4n) is 2.51. The normalized spacial score (nSPS) is 11.2. The first-order valence-electron chi connectivity index (χ1n) is 7.91. The van der Waals surface area contributed by atoms with Crippen LogP contribution in [0.2, 0.25) is 0 Å². The number of nitrogens with one attached hydrogen (secondary N) is 1. The highest BCUT2D eigenvalue weighted by Gasteiger charge is 2.18. The Hall–Kier alpha value is -2.45. The maximum absolute atomic E-state index is 14.3. The van der Waals surface area contributed by atoms with Crippen LogP contribution in [0.1, 0.15) is 30.2 Å². The Morgan fingerprint density at radius 2 is 2.08 bits per heavy atom. The Balaban J connectivity index is 2.47. The van der Waals surface area contributed by atoms with E-state index in [2.05, 4.69) is 5.32 Å². The van der Waals surface area contributed by atoms with Gasteiger partial charge in [0.05, 0.1) is 31.0 Å². The van der Waals surface area contributed by atoms with E-state index in [4.69, 9.17) is 9.84 Å². The van der Waals surface area contributed by atoms with Gasteiger partial charge in [-0.1, -0.05) is 0 Å². The third-order valence-corrected chi connectivity index (χ3v) is 3.71. The van der Waals surface area contributed by atoms with Gasteiger partial charge in [0.25, 0.3) is 0 Å². The van der Waals surface area contributed by atoms with Crippen molar-refractivity contribution in [1.29, 1.82) is 0 Å². The van der Waals surface area contributed by atoms with Crippen LogP contribution in [0.15, 0.2) is 23.1 Å². The topological polar surface area (TPSA) is 101 Å². The second-order valence-corrected chi connectivity index (χ2v) is 5.79. The summed E-state index contributed by atoms with van der Waals surface area (Å²) < 4.78 is 21.0. The molecule has 0 saturated heterocycles. The molecule has 0 aliphatic heterocycles. The van der Waals surface area contributed by atoms with Gasteiger partial charge in [-0.2, -0.15) is 0 Å². The lowest BCUT2D eigenvalue weighted by Crippen LogP contribution is -2.20. The largest absolute Gasteiger partial charge is 0.477 e. The molecule has 0 fully saturated rings. The summed E-state index contributed by atoms with van der Waals surface area (Å²) >= 11 is 0. The third-order valence-electron chi connectivity index (χ3n) is 3.71. The lowest BCUT2D eigenvalue weighted by molar-refractivity contribution is 0.0694. The quantitative estimate of drug-likeness (QED) is 0.627. The molecular weight excluding hydrogens is 331 g/mol. The number of anilines is 1. The van der Waals surface area contributed by atoms with Gasteiger partial charge in [-0.3, -0.25) is 4.79 Å². The number of nitrogens with zero attached hydrogens (tertiary/aromatic N) is 1. The Kier molecular flexibility index (Phi) is 6.11. The molecule has 136 valence electrons. The van der Waals surface area contributed by atoms with E-state index in [1.54, 1.807) is 4.57 Å². The first-order chi connectivity index (χ1) is 11.9. The van der Waals surface area contributed by atoms with Crippen molar-refractivity contribution in [3.63, 3.8) is 0 Å². The number of benzene rings is 1. The van der Waals surface area contributed by atoms with Crippen molar-refractivity contribution < 1.29 is 24.1 Å². The molecule has 1 heterocycles. The number of aliphatic hydroxyl groups excluding tert-OH is 1. The number of hydrogen-bond acceptors (Lipinski definition) is 5. The van der Waals surface area contributed by atoms with Crippen LogP contribution < -0.4 is 10.7 Å². The number of aliphatic hydroxyl groups is 1. The van der Waals surface area contributed by atoms with Crippen molar-refractivity contribution in [2.45, 2.75) is 19.9 Å². The van der Waals surface area contributed by atoms with Gasteiger partial charge in [0, 0.05) is 24.2 Å². The van der Waals surface area contributed by atoms with E-state index in [0.717, 1.165) is 6.07 Å². The van der Waals surface area contributed by atoms with Gasteiger partial charge in [0.1, 0.15) is 11.4 Å². The van der Waals surface area contributed by atoms with Crippen LogP contribution in [0.5, 0.6) is 0 Å². The molecule has 2 rings (SSSR count). The predicted octanol–water partition coefficient (Wildman–Crippen LogP) is 1.84. The van der Waals surface area contributed by atoms with E-state index in [1.165, 1.54) is 12.3 Å². The van der Waals surface area contributed by atoms with E-state index < -0.39 is 22.8 Å². The molecule has 25 heavy (non-hydrogen) atoms. The lowest BCUT2D eigenvalue weighted by Gasteiger charge is -2.17. The number of aromatic carboxylic acids is 1. The number of carboxylic acid groups (broad SMARTS) is 1. The zero-order valence-corrected chi connectivity index (χ0v) is 14.1. The highest BCUT2D eigenvalue weighted by molar-refractivity contribution is 5.93. The van der Waals surface area contributed by atoms with Crippen LogP contribution >= 0.6 is 0 Å². The maximum Gasteiger partial charge on any atom is 0.341 e. The second kappa shape index (κ2) is 8.09. The molecule has 2 aromatic rings. The molecular formula is C17H21FN2O5. The number of carbonyl (C=O) groups is 1. The number of ether oxygens (including phenoxy) is 1. The molecule has 0 aliphatic carbocycles. The molecule has 0 radical (unpaired) electrons. The Morgan fingerprint density at radius 3 is 2.68 bits per heavy atom. The van der Waals surface area contributed by atoms with E-state index in [-0.39, 0.29) is 36.9 Å². The highest BCUT2D eigenvalue weighted by atomic mass is 19.1. The molecule has 8 heteroatoms. The smallest absolute Gasteiger partial charge is 0.341 e. The number of halogens is 1. The average molecular weight is 352 g/mol. The zero-order chi connectivity index (χ0) is 18.6. The molecule has 1 aromatic heterocycles. The average Bonchev–Trinajstić information content (AvgIpc) is 2.55. The first kappa shape index (κ1) is 18.9. The van der Waals surface area contributed by atoms with E-state index >= 15 is 0 Å². The Bertz CT molecular complexity index is 832. The third kappa shape index (κ3) is 4.15. The van der Waals surface area contributed by atoms with E-state index in [1.807, 2.05) is 13.8 Å². The minimum absolute atomic E-state index is 0.0215. The van der Waals surface area contributed by atoms with Crippen LogP contribution in [-0.4, -0.2) is 47.1 Å². The summed E-state index contributed by atoms with van der Waals surface area (Å²) in [5, 5.41) is 20.7. The number of aromatic nitrogens is 1. The summed E-state index contributed by atoms with van der Waals surface area (Å²) in [4.78, 5) is 23.6. The molecule has 0 aliphatic rings. The number of hydrogen-bond donors (Lipinski definition) is 3.